The maximum absolute atomic E-state index is 12.1. The molecule has 4 nitrogen and oxygen atoms in total. The van der Waals surface area contributed by atoms with Gasteiger partial charge in [-0.05, 0) is 18.6 Å². The zero-order chi connectivity index (χ0) is 13.5. The Bertz CT molecular complexity index is 398. The molecule has 0 heterocycles. The van der Waals surface area contributed by atoms with Crippen molar-refractivity contribution in [3.05, 3.63) is 34.9 Å². The predicted molar refractivity (Wildman–Crippen MR) is 72.4 cm³/mol. The molecule has 0 aromatic heterocycles. The lowest BCUT2D eigenvalue weighted by molar-refractivity contribution is -0.134. The number of carbonyl (C=O) groups is 1. The lowest BCUT2D eigenvalue weighted by Gasteiger charge is -2.24. The van der Waals surface area contributed by atoms with Crippen LogP contribution in [-0.2, 0) is 16.1 Å². The van der Waals surface area contributed by atoms with Crippen LogP contribution in [0.1, 0.15) is 12.5 Å². The summed E-state index contributed by atoms with van der Waals surface area (Å²) >= 11 is 6.08. The molecule has 0 saturated carbocycles. The number of hydrogen-bond acceptors (Lipinski definition) is 3. The Morgan fingerprint density at radius 2 is 2.17 bits per heavy atom. The molecule has 2 N–H and O–H groups in total. The minimum atomic E-state index is -0.627. The minimum absolute atomic E-state index is 0.126. The van der Waals surface area contributed by atoms with Gasteiger partial charge >= 0.3 is 0 Å². The van der Waals surface area contributed by atoms with Crippen LogP contribution in [0.25, 0.3) is 0 Å². The van der Waals surface area contributed by atoms with Crippen molar-refractivity contribution in [1.29, 1.82) is 0 Å². The molecule has 0 aliphatic heterocycles. The van der Waals surface area contributed by atoms with E-state index in [0.29, 0.717) is 18.1 Å². The number of amides is 1. The van der Waals surface area contributed by atoms with E-state index in [-0.39, 0.29) is 12.5 Å². The summed E-state index contributed by atoms with van der Waals surface area (Å²) in [4.78, 5) is 13.7. The molecule has 1 rings (SSSR count). The van der Waals surface area contributed by atoms with Gasteiger partial charge in [-0.2, -0.15) is 0 Å². The van der Waals surface area contributed by atoms with Crippen LogP contribution in [0.15, 0.2) is 24.3 Å². The third-order valence-electron chi connectivity index (χ3n) is 2.68. The molecule has 0 aliphatic carbocycles. The van der Waals surface area contributed by atoms with Crippen molar-refractivity contribution in [3.63, 3.8) is 0 Å². The fourth-order valence-corrected chi connectivity index (χ4v) is 1.86. The molecule has 100 valence electrons. The average molecular weight is 271 g/mol. The number of rotatable bonds is 6. The van der Waals surface area contributed by atoms with Gasteiger partial charge in [0.25, 0.3) is 0 Å². The first-order valence-corrected chi connectivity index (χ1v) is 6.24. The van der Waals surface area contributed by atoms with E-state index in [1.807, 2.05) is 31.2 Å². The molecule has 0 aliphatic rings. The summed E-state index contributed by atoms with van der Waals surface area (Å²) in [6.07, 6.45) is 0. The number of nitrogens with zero attached hydrogens (tertiary/aromatic N) is 1. The van der Waals surface area contributed by atoms with Gasteiger partial charge < -0.3 is 15.4 Å². The van der Waals surface area contributed by atoms with E-state index in [9.17, 15) is 4.79 Å². The molecular weight excluding hydrogens is 252 g/mol. The quantitative estimate of drug-likeness (QED) is 0.855. The van der Waals surface area contributed by atoms with E-state index in [1.54, 1.807) is 4.90 Å². The first-order chi connectivity index (χ1) is 8.60. The van der Waals surface area contributed by atoms with Crippen molar-refractivity contribution in [1.82, 2.24) is 4.90 Å². The third kappa shape index (κ3) is 3.98. The first-order valence-electron chi connectivity index (χ1n) is 5.86. The highest BCUT2D eigenvalue weighted by Crippen LogP contribution is 2.17. The Morgan fingerprint density at radius 3 is 2.72 bits per heavy atom. The number of likely N-dealkylation sites (N-methyl/N-ethyl adjacent to an activating group) is 1. The van der Waals surface area contributed by atoms with Crippen molar-refractivity contribution in [3.8, 4) is 0 Å². The van der Waals surface area contributed by atoms with Crippen LogP contribution in [0.3, 0.4) is 0 Å². The fraction of sp³-hybridized carbons (Fsp3) is 0.462. The van der Waals surface area contributed by atoms with Crippen LogP contribution in [0.4, 0.5) is 0 Å². The van der Waals surface area contributed by atoms with E-state index < -0.39 is 6.04 Å². The van der Waals surface area contributed by atoms with E-state index in [0.717, 1.165) is 5.56 Å². The maximum atomic E-state index is 12.1. The lowest BCUT2D eigenvalue weighted by Crippen LogP contribution is -2.45. The summed E-state index contributed by atoms with van der Waals surface area (Å²) < 4.78 is 4.89. The number of hydrogen-bond donors (Lipinski definition) is 1. The molecule has 1 atom stereocenters. The van der Waals surface area contributed by atoms with E-state index >= 15 is 0 Å². The van der Waals surface area contributed by atoms with Crippen LogP contribution in [0, 0.1) is 0 Å². The van der Waals surface area contributed by atoms with Gasteiger partial charge in [0.05, 0.1) is 6.61 Å². The molecule has 1 unspecified atom stereocenters. The summed E-state index contributed by atoms with van der Waals surface area (Å²) in [5, 5.41) is 0.657. The summed E-state index contributed by atoms with van der Waals surface area (Å²) in [5.74, 6) is -0.126. The van der Waals surface area contributed by atoms with Crippen LogP contribution >= 0.6 is 11.6 Å². The van der Waals surface area contributed by atoms with E-state index in [2.05, 4.69) is 0 Å². The molecule has 0 saturated heterocycles. The van der Waals surface area contributed by atoms with E-state index in [4.69, 9.17) is 22.1 Å². The Balaban J connectivity index is 2.73. The van der Waals surface area contributed by atoms with Crippen LogP contribution in [0.5, 0.6) is 0 Å². The molecule has 1 amide bonds. The number of halogens is 1. The Morgan fingerprint density at radius 1 is 1.50 bits per heavy atom. The van der Waals surface area contributed by atoms with Crippen LogP contribution < -0.4 is 5.73 Å². The van der Waals surface area contributed by atoms with Crippen LogP contribution in [-0.4, -0.2) is 37.1 Å². The molecule has 0 radical (unpaired) electrons. The highest BCUT2D eigenvalue weighted by atomic mass is 35.5. The molecule has 0 bridgehead atoms. The molecule has 1 aromatic carbocycles. The second-order valence-electron chi connectivity index (χ2n) is 4.01. The van der Waals surface area contributed by atoms with Gasteiger partial charge in [-0.25, -0.2) is 0 Å². The topological polar surface area (TPSA) is 55.6 Å². The summed E-state index contributed by atoms with van der Waals surface area (Å²) in [5.41, 5.74) is 6.66. The first kappa shape index (κ1) is 15.0. The lowest BCUT2D eigenvalue weighted by atomic mass is 10.2. The maximum Gasteiger partial charge on any atom is 0.242 e. The monoisotopic (exact) mass is 270 g/mol. The highest BCUT2D eigenvalue weighted by Gasteiger charge is 2.20. The van der Waals surface area contributed by atoms with Gasteiger partial charge in [-0.3, -0.25) is 4.79 Å². The van der Waals surface area contributed by atoms with Gasteiger partial charge in [-0.15, -0.1) is 0 Å². The molecular formula is C13H19ClN2O2. The van der Waals surface area contributed by atoms with Crippen molar-refractivity contribution in [2.24, 2.45) is 5.73 Å². The number of benzene rings is 1. The second kappa shape index (κ2) is 7.36. The van der Waals surface area contributed by atoms with Gasteiger partial charge in [-0.1, -0.05) is 29.8 Å². The van der Waals surface area contributed by atoms with Gasteiger partial charge in [0.1, 0.15) is 6.04 Å². The molecule has 0 fully saturated rings. The van der Waals surface area contributed by atoms with Crippen molar-refractivity contribution >= 4 is 17.5 Å². The summed E-state index contributed by atoms with van der Waals surface area (Å²) in [6, 6.07) is 6.84. The Kier molecular flexibility index (Phi) is 6.12. The number of carbonyl (C=O) groups excluding carboxylic acids is 1. The minimum Gasteiger partial charge on any atom is -0.383 e. The Labute approximate surface area is 113 Å². The van der Waals surface area contributed by atoms with Crippen molar-refractivity contribution in [2.45, 2.75) is 19.5 Å². The average Bonchev–Trinajstić information content (AvgIpc) is 2.37. The summed E-state index contributed by atoms with van der Waals surface area (Å²) in [7, 11) is 1.53. The number of ether oxygens (including phenoxy) is 1. The number of methoxy groups -OCH3 is 1. The smallest absolute Gasteiger partial charge is 0.242 e. The van der Waals surface area contributed by atoms with Crippen molar-refractivity contribution < 1.29 is 9.53 Å². The highest BCUT2D eigenvalue weighted by molar-refractivity contribution is 6.31. The van der Waals surface area contributed by atoms with Gasteiger partial charge in [0, 0.05) is 25.2 Å². The zero-order valence-corrected chi connectivity index (χ0v) is 11.5. The largest absolute Gasteiger partial charge is 0.383 e. The Hall–Kier alpha value is -1.10. The summed E-state index contributed by atoms with van der Waals surface area (Å²) in [6.45, 7) is 3.18. The zero-order valence-electron chi connectivity index (χ0n) is 10.7. The molecule has 1 aromatic rings. The second-order valence-corrected chi connectivity index (χ2v) is 4.41. The third-order valence-corrected chi connectivity index (χ3v) is 3.04. The van der Waals surface area contributed by atoms with Gasteiger partial charge in [0.15, 0.2) is 0 Å². The standard InChI is InChI=1S/C13H19ClN2O2/c1-3-16(13(17)12(15)9-18-2)8-10-6-4-5-7-11(10)14/h4-7,12H,3,8-9,15H2,1-2H3. The van der Waals surface area contributed by atoms with Crippen LogP contribution in [0.2, 0.25) is 5.02 Å². The predicted octanol–water partition coefficient (Wildman–Crippen LogP) is 1.66. The van der Waals surface area contributed by atoms with Crippen molar-refractivity contribution in [2.75, 3.05) is 20.3 Å². The SMILES string of the molecule is CCN(Cc1ccccc1Cl)C(=O)C(N)COC. The fourth-order valence-electron chi connectivity index (χ4n) is 1.66. The molecule has 18 heavy (non-hydrogen) atoms. The normalized spacial score (nSPS) is 12.2. The van der Waals surface area contributed by atoms with E-state index in [1.165, 1.54) is 7.11 Å². The molecule has 0 spiro atoms. The van der Waals surface area contributed by atoms with Gasteiger partial charge in [0.2, 0.25) is 5.91 Å². The number of nitrogens with two attached hydrogens (primary N) is 1. The molecule has 5 heteroatoms.